The summed E-state index contributed by atoms with van der Waals surface area (Å²) in [4.78, 5) is 23.2. The minimum atomic E-state index is -0.939. The van der Waals surface area contributed by atoms with E-state index in [1.807, 2.05) is 5.32 Å². The molecule has 0 heterocycles. The van der Waals surface area contributed by atoms with Crippen molar-refractivity contribution in [1.29, 1.82) is 0 Å². The molecule has 6 nitrogen and oxygen atoms in total. The highest BCUT2D eigenvalue weighted by atomic mass is 19.1. The zero-order chi connectivity index (χ0) is 17.5. The number of halogens is 2. The molecule has 0 radical (unpaired) electrons. The zero-order valence-corrected chi connectivity index (χ0v) is 12.6. The maximum absolute atomic E-state index is 13.3. The van der Waals surface area contributed by atoms with Gasteiger partial charge >= 0.3 is 6.03 Å². The first-order valence-corrected chi connectivity index (χ1v) is 6.80. The summed E-state index contributed by atoms with van der Waals surface area (Å²) in [6.07, 6.45) is 0. The molecule has 0 saturated heterocycles. The number of hydrogen-bond donors (Lipinski definition) is 2. The molecule has 0 aliphatic rings. The standard InChI is InChI=1S/C16H14F2N2O4/c1-23-12-5-3-11(4-6-12)19-16(22)20-15(21)9-24-14-7-2-10(17)8-13(14)18/h2-8H,9H2,1H3,(H2,19,20,21,22). The molecule has 0 atom stereocenters. The molecule has 126 valence electrons. The average Bonchev–Trinajstić information content (AvgIpc) is 2.54. The second-order valence-corrected chi connectivity index (χ2v) is 4.59. The van der Waals surface area contributed by atoms with Crippen molar-refractivity contribution < 1.29 is 27.8 Å². The smallest absolute Gasteiger partial charge is 0.325 e. The third-order valence-electron chi connectivity index (χ3n) is 2.85. The predicted molar refractivity (Wildman–Crippen MR) is 82.0 cm³/mol. The van der Waals surface area contributed by atoms with E-state index in [1.54, 1.807) is 24.3 Å². The summed E-state index contributed by atoms with van der Waals surface area (Å²) in [5.41, 5.74) is 0.451. The second-order valence-electron chi connectivity index (χ2n) is 4.59. The Morgan fingerprint density at radius 3 is 2.42 bits per heavy atom. The van der Waals surface area contributed by atoms with Gasteiger partial charge in [-0.25, -0.2) is 13.6 Å². The van der Waals surface area contributed by atoms with E-state index in [0.717, 1.165) is 12.1 Å². The van der Waals surface area contributed by atoms with Crippen LogP contribution in [0, 0.1) is 11.6 Å². The lowest BCUT2D eigenvalue weighted by atomic mass is 10.3. The number of imide groups is 1. The van der Waals surface area contributed by atoms with Crippen LogP contribution in [0.3, 0.4) is 0 Å². The van der Waals surface area contributed by atoms with Crippen molar-refractivity contribution in [2.45, 2.75) is 0 Å². The quantitative estimate of drug-likeness (QED) is 0.880. The van der Waals surface area contributed by atoms with Crippen LogP contribution in [0.25, 0.3) is 0 Å². The van der Waals surface area contributed by atoms with Gasteiger partial charge in [-0.1, -0.05) is 0 Å². The summed E-state index contributed by atoms with van der Waals surface area (Å²) in [5.74, 6) is -2.16. The number of amides is 3. The first-order chi connectivity index (χ1) is 11.5. The van der Waals surface area contributed by atoms with Crippen molar-refractivity contribution >= 4 is 17.6 Å². The Morgan fingerprint density at radius 2 is 1.79 bits per heavy atom. The van der Waals surface area contributed by atoms with Gasteiger partial charge in [-0.05, 0) is 36.4 Å². The molecule has 0 aromatic heterocycles. The molecule has 0 bridgehead atoms. The molecule has 0 fully saturated rings. The number of hydrogen-bond acceptors (Lipinski definition) is 4. The zero-order valence-electron chi connectivity index (χ0n) is 12.6. The van der Waals surface area contributed by atoms with E-state index in [4.69, 9.17) is 9.47 Å². The van der Waals surface area contributed by atoms with Crippen molar-refractivity contribution in [2.75, 3.05) is 19.0 Å². The fourth-order valence-electron chi connectivity index (χ4n) is 1.73. The van der Waals surface area contributed by atoms with Gasteiger partial charge in [0.2, 0.25) is 0 Å². The lowest BCUT2D eigenvalue weighted by Crippen LogP contribution is -2.37. The van der Waals surface area contributed by atoms with E-state index in [9.17, 15) is 18.4 Å². The second kappa shape index (κ2) is 7.91. The van der Waals surface area contributed by atoms with E-state index >= 15 is 0 Å². The monoisotopic (exact) mass is 336 g/mol. The summed E-state index contributed by atoms with van der Waals surface area (Å²) >= 11 is 0. The van der Waals surface area contributed by atoms with E-state index in [-0.39, 0.29) is 5.75 Å². The summed E-state index contributed by atoms with van der Waals surface area (Å²) in [5, 5.41) is 4.45. The number of carbonyl (C=O) groups excluding carboxylic acids is 2. The van der Waals surface area contributed by atoms with Gasteiger partial charge in [-0.15, -0.1) is 0 Å². The molecular formula is C16H14F2N2O4. The van der Waals surface area contributed by atoms with Gasteiger partial charge in [0.1, 0.15) is 11.6 Å². The Labute approximate surface area is 136 Å². The Hall–Kier alpha value is -3.16. The number of ether oxygens (including phenoxy) is 2. The van der Waals surface area contributed by atoms with Crippen molar-refractivity contribution in [3.63, 3.8) is 0 Å². The minimum absolute atomic E-state index is 0.290. The van der Waals surface area contributed by atoms with E-state index in [1.165, 1.54) is 7.11 Å². The molecule has 8 heteroatoms. The number of urea groups is 1. The van der Waals surface area contributed by atoms with Gasteiger partial charge in [0.25, 0.3) is 5.91 Å². The van der Waals surface area contributed by atoms with Crippen LogP contribution in [0.5, 0.6) is 11.5 Å². The van der Waals surface area contributed by atoms with Gasteiger partial charge in [-0.2, -0.15) is 0 Å². The third kappa shape index (κ3) is 4.94. The Balaban J connectivity index is 1.81. The number of methoxy groups -OCH3 is 1. The van der Waals surface area contributed by atoms with E-state index in [0.29, 0.717) is 17.5 Å². The number of carbonyl (C=O) groups is 2. The van der Waals surface area contributed by atoms with Gasteiger partial charge in [0, 0.05) is 11.8 Å². The molecule has 0 saturated carbocycles. The molecule has 0 spiro atoms. The van der Waals surface area contributed by atoms with Gasteiger partial charge in [0.15, 0.2) is 18.2 Å². The summed E-state index contributed by atoms with van der Waals surface area (Å²) in [6, 6.07) is 8.36. The van der Waals surface area contributed by atoms with Crippen LogP contribution in [0.15, 0.2) is 42.5 Å². The van der Waals surface area contributed by atoms with Crippen molar-refractivity contribution in [2.24, 2.45) is 0 Å². The lowest BCUT2D eigenvalue weighted by molar-refractivity contribution is -0.121. The molecule has 3 amide bonds. The van der Waals surface area contributed by atoms with Crippen LogP contribution in [0.2, 0.25) is 0 Å². The van der Waals surface area contributed by atoms with E-state index < -0.39 is 30.2 Å². The summed E-state index contributed by atoms with van der Waals surface area (Å²) in [7, 11) is 1.51. The average molecular weight is 336 g/mol. The maximum Gasteiger partial charge on any atom is 0.325 e. The van der Waals surface area contributed by atoms with Gasteiger partial charge < -0.3 is 14.8 Å². The lowest BCUT2D eigenvalue weighted by Gasteiger charge is -2.09. The first kappa shape index (κ1) is 17.2. The highest BCUT2D eigenvalue weighted by Crippen LogP contribution is 2.17. The third-order valence-corrected chi connectivity index (χ3v) is 2.85. The number of benzene rings is 2. The topological polar surface area (TPSA) is 76.7 Å². The molecule has 2 aromatic rings. The fourth-order valence-corrected chi connectivity index (χ4v) is 1.73. The van der Waals surface area contributed by atoms with Crippen molar-refractivity contribution in [3.05, 3.63) is 54.1 Å². The molecular weight excluding hydrogens is 322 g/mol. The molecule has 0 aliphatic carbocycles. The SMILES string of the molecule is COc1ccc(NC(=O)NC(=O)COc2ccc(F)cc2F)cc1. The fraction of sp³-hybridized carbons (Fsp3) is 0.125. The maximum atomic E-state index is 13.3. The Bertz CT molecular complexity index is 735. The molecule has 2 N–H and O–H groups in total. The summed E-state index contributed by atoms with van der Waals surface area (Å²) < 4.78 is 35.9. The minimum Gasteiger partial charge on any atom is -0.497 e. The number of anilines is 1. The number of nitrogens with one attached hydrogen (secondary N) is 2. The highest BCUT2D eigenvalue weighted by Gasteiger charge is 2.11. The van der Waals surface area contributed by atoms with Crippen molar-refractivity contribution in [3.8, 4) is 11.5 Å². The number of rotatable bonds is 5. The highest BCUT2D eigenvalue weighted by molar-refractivity contribution is 6.01. The summed E-state index contributed by atoms with van der Waals surface area (Å²) in [6.45, 7) is -0.599. The van der Waals surface area contributed by atoms with Crippen LogP contribution < -0.4 is 20.1 Å². The van der Waals surface area contributed by atoms with Gasteiger partial charge in [-0.3, -0.25) is 10.1 Å². The molecule has 0 unspecified atom stereocenters. The van der Waals surface area contributed by atoms with Crippen LogP contribution in [-0.4, -0.2) is 25.7 Å². The Morgan fingerprint density at radius 1 is 1.08 bits per heavy atom. The molecule has 24 heavy (non-hydrogen) atoms. The van der Waals surface area contributed by atoms with Gasteiger partial charge in [0.05, 0.1) is 7.11 Å². The molecule has 0 aliphatic heterocycles. The predicted octanol–water partition coefficient (Wildman–Crippen LogP) is 2.70. The van der Waals surface area contributed by atoms with Crippen LogP contribution >= 0.6 is 0 Å². The Kier molecular flexibility index (Phi) is 5.67. The largest absolute Gasteiger partial charge is 0.497 e. The van der Waals surface area contributed by atoms with Crippen molar-refractivity contribution in [1.82, 2.24) is 5.32 Å². The normalized spacial score (nSPS) is 9.96. The molecule has 2 rings (SSSR count). The van der Waals surface area contributed by atoms with E-state index in [2.05, 4.69) is 5.32 Å². The molecule has 2 aromatic carbocycles. The van der Waals surface area contributed by atoms with Crippen LogP contribution in [0.4, 0.5) is 19.3 Å². The van der Waals surface area contributed by atoms with Crippen LogP contribution in [0.1, 0.15) is 0 Å². The first-order valence-electron chi connectivity index (χ1n) is 6.80. The van der Waals surface area contributed by atoms with Crippen LogP contribution in [-0.2, 0) is 4.79 Å².